The number of halogens is 1. The van der Waals surface area contributed by atoms with Crippen LogP contribution in [-0.2, 0) is 16.1 Å². The van der Waals surface area contributed by atoms with Gasteiger partial charge in [-0.05, 0) is 29.5 Å². The van der Waals surface area contributed by atoms with Gasteiger partial charge in [-0.3, -0.25) is 9.20 Å². The van der Waals surface area contributed by atoms with Crippen molar-refractivity contribution in [3.63, 3.8) is 0 Å². The van der Waals surface area contributed by atoms with Crippen molar-refractivity contribution >= 4 is 52.7 Å². The number of rotatable bonds is 4. The number of esters is 1. The predicted octanol–water partition coefficient (Wildman–Crippen LogP) is 0.639. The van der Waals surface area contributed by atoms with Gasteiger partial charge in [0.2, 0.25) is 5.95 Å². The third-order valence-electron chi connectivity index (χ3n) is 4.21. The van der Waals surface area contributed by atoms with E-state index < -0.39 is 11.9 Å². The number of aromatic nitrogens is 3. The average molecular weight is 464 g/mol. The summed E-state index contributed by atoms with van der Waals surface area (Å²) in [6.45, 7) is 0.630. The second-order valence-corrected chi connectivity index (χ2v) is 6.58. The quantitative estimate of drug-likeness (QED) is 0.269. The van der Waals surface area contributed by atoms with Crippen molar-refractivity contribution in [2.75, 3.05) is 30.5 Å². The summed E-state index contributed by atoms with van der Waals surface area (Å²) >= 11 is 5.38. The first-order chi connectivity index (χ1) is 15.2. The van der Waals surface area contributed by atoms with Gasteiger partial charge in [0, 0.05) is 12.6 Å². The second kappa shape index (κ2) is 9.36. The molecule has 4 rings (SSSR count). The Morgan fingerprint density at radius 2 is 2.09 bits per heavy atom. The number of nitrogen functional groups attached to an aromatic ring is 2. The van der Waals surface area contributed by atoms with E-state index >= 15 is 0 Å². The first kappa shape index (κ1) is 22.6. The Kier molecular flexibility index (Phi) is 6.61. The third kappa shape index (κ3) is 4.63. The first-order valence-corrected chi connectivity index (χ1v) is 9.28. The van der Waals surface area contributed by atoms with Gasteiger partial charge < -0.3 is 31.4 Å². The molecule has 0 bridgehead atoms. The monoisotopic (exact) mass is 463 g/mol. The number of aromatic carboxylic acids is 1. The van der Waals surface area contributed by atoms with E-state index in [2.05, 4.69) is 24.9 Å². The van der Waals surface area contributed by atoms with Crippen LogP contribution in [-0.4, -0.2) is 51.0 Å². The van der Waals surface area contributed by atoms with Gasteiger partial charge in [0.1, 0.15) is 11.4 Å². The smallest absolute Gasteiger partial charge is 0.355 e. The molecule has 0 spiro atoms. The molecular formula is C18H18ClN7O6. The maximum Gasteiger partial charge on any atom is 0.355 e. The average Bonchev–Trinajstić information content (AvgIpc) is 3.06. The molecule has 168 valence electrons. The van der Waals surface area contributed by atoms with Crippen molar-refractivity contribution in [2.24, 2.45) is 0 Å². The molecule has 0 aliphatic carbocycles. The van der Waals surface area contributed by atoms with E-state index in [-0.39, 0.29) is 41.3 Å². The number of amides is 1. The highest BCUT2D eigenvalue weighted by atomic mass is 35.5. The lowest BCUT2D eigenvalue weighted by Crippen LogP contribution is -2.25. The number of carboxylic acid groups (broad SMARTS) is 1. The number of fused-ring (bicyclic) bond motifs is 2. The number of nitrogens with zero attached hydrogens (tertiary/aromatic N) is 3. The van der Waals surface area contributed by atoms with Crippen LogP contribution in [0.1, 0.15) is 26.5 Å². The molecule has 0 radical (unpaired) electrons. The number of anilines is 3. The maximum absolute atomic E-state index is 11.6. The highest BCUT2D eigenvalue weighted by molar-refractivity contribution is 6.13. The van der Waals surface area contributed by atoms with Crippen LogP contribution in [0.2, 0.25) is 0 Å². The molecule has 32 heavy (non-hydrogen) atoms. The molecule has 1 aromatic carbocycles. The van der Waals surface area contributed by atoms with Gasteiger partial charge >= 0.3 is 11.9 Å². The van der Waals surface area contributed by atoms with Crippen molar-refractivity contribution in [3.05, 3.63) is 41.2 Å². The maximum atomic E-state index is 11.6. The lowest BCUT2D eigenvalue weighted by atomic mass is 10.1. The fourth-order valence-corrected chi connectivity index (χ4v) is 2.97. The summed E-state index contributed by atoms with van der Waals surface area (Å²) in [7, 11) is 1.16. The number of ether oxygens (including phenoxy) is 2. The molecule has 7 N–H and O–H groups in total. The Labute approximate surface area is 185 Å². The van der Waals surface area contributed by atoms with Crippen molar-refractivity contribution in [2.45, 2.75) is 6.54 Å². The molecular weight excluding hydrogens is 446 g/mol. The van der Waals surface area contributed by atoms with E-state index in [4.69, 9.17) is 33.1 Å². The van der Waals surface area contributed by atoms with Crippen molar-refractivity contribution in [3.8, 4) is 5.75 Å². The van der Waals surface area contributed by atoms with Crippen LogP contribution in [0.5, 0.6) is 5.75 Å². The van der Waals surface area contributed by atoms with Crippen LogP contribution in [0, 0.1) is 0 Å². The minimum absolute atomic E-state index is 0.00667. The third-order valence-corrected chi connectivity index (χ3v) is 4.34. The summed E-state index contributed by atoms with van der Waals surface area (Å²) in [5, 5.41) is 11.6. The molecule has 3 aromatic rings. The zero-order valence-corrected chi connectivity index (χ0v) is 17.3. The van der Waals surface area contributed by atoms with Gasteiger partial charge in [-0.1, -0.05) is 6.07 Å². The van der Waals surface area contributed by atoms with Crippen molar-refractivity contribution in [1.82, 2.24) is 19.2 Å². The van der Waals surface area contributed by atoms with Gasteiger partial charge in [-0.25, -0.2) is 19.4 Å². The predicted molar refractivity (Wildman–Crippen MR) is 113 cm³/mol. The fraction of sp³-hybridized carbons (Fsp3) is 0.167. The Balaban J connectivity index is 0.000000186. The van der Waals surface area contributed by atoms with Crippen LogP contribution >= 0.6 is 11.8 Å². The Bertz CT molecular complexity index is 1210. The van der Waals surface area contributed by atoms with E-state index in [0.29, 0.717) is 18.0 Å². The Hall–Kier alpha value is -4.10. The van der Waals surface area contributed by atoms with Gasteiger partial charge in [0.05, 0.1) is 12.8 Å². The minimum atomic E-state index is -1.30. The topological polar surface area (TPSA) is 196 Å². The number of methoxy groups -OCH3 is 1. The Morgan fingerprint density at radius 3 is 2.75 bits per heavy atom. The van der Waals surface area contributed by atoms with Gasteiger partial charge in [0.15, 0.2) is 23.8 Å². The van der Waals surface area contributed by atoms with Crippen LogP contribution < -0.4 is 26.4 Å². The van der Waals surface area contributed by atoms with Gasteiger partial charge in [-0.15, -0.1) is 0 Å². The second-order valence-electron chi connectivity index (χ2n) is 6.32. The number of carbonyl (C=O) groups is 3. The Morgan fingerprint density at radius 1 is 1.34 bits per heavy atom. The number of nitrogens with two attached hydrogens (primary N) is 2. The number of hydrogen-bond donors (Lipinski definition) is 5. The molecule has 0 fully saturated rings. The molecule has 0 saturated carbocycles. The SMILES string of the molecule is COC(=O)c1cc(C(=O)O)nc2c(N)nc(N)n12.O=C1COc2ccc(CNCl)cc2N1. The van der Waals surface area contributed by atoms with Crippen LogP contribution in [0.3, 0.4) is 0 Å². The highest BCUT2D eigenvalue weighted by Gasteiger charge is 2.21. The summed E-state index contributed by atoms with van der Waals surface area (Å²) in [4.78, 5) is 43.5. The highest BCUT2D eigenvalue weighted by Crippen LogP contribution is 2.28. The zero-order chi connectivity index (χ0) is 23.4. The van der Waals surface area contributed by atoms with Gasteiger partial charge in [0.25, 0.3) is 5.91 Å². The lowest BCUT2D eigenvalue weighted by Gasteiger charge is -2.18. The van der Waals surface area contributed by atoms with Crippen LogP contribution in [0.4, 0.5) is 17.5 Å². The molecule has 1 amide bonds. The molecule has 1 aliphatic rings. The minimum Gasteiger partial charge on any atom is -0.482 e. The molecule has 0 saturated heterocycles. The van der Waals surface area contributed by atoms with E-state index in [1.807, 2.05) is 18.2 Å². The van der Waals surface area contributed by atoms with E-state index in [0.717, 1.165) is 23.1 Å². The van der Waals surface area contributed by atoms with Crippen LogP contribution in [0.15, 0.2) is 24.3 Å². The number of imidazole rings is 1. The van der Waals surface area contributed by atoms with E-state index in [1.54, 1.807) is 0 Å². The lowest BCUT2D eigenvalue weighted by molar-refractivity contribution is -0.118. The molecule has 14 heteroatoms. The molecule has 3 heterocycles. The van der Waals surface area contributed by atoms with Crippen LogP contribution in [0.25, 0.3) is 5.65 Å². The van der Waals surface area contributed by atoms with E-state index in [9.17, 15) is 14.4 Å². The molecule has 1 aliphatic heterocycles. The molecule has 13 nitrogen and oxygen atoms in total. The molecule has 0 atom stereocenters. The normalized spacial score (nSPS) is 12.1. The summed E-state index contributed by atoms with van der Waals surface area (Å²) in [5.41, 5.74) is 12.3. The summed E-state index contributed by atoms with van der Waals surface area (Å²) < 4.78 is 10.9. The fourth-order valence-electron chi connectivity index (χ4n) is 2.81. The molecule has 0 unspecified atom stereocenters. The van der Waals surface area contributed by atoms with Crippen molar-refractivity contribution < 1.29 is 29.0 Å². The summed E-state index contributed by atoms with van der Waals surface area (Å²) in [6, 6.07) is 6.59. The van der Waals surface area contributed by atoms with Crippen molar-refractivity contribution in [1.29, 1.82) is 0 Å². The number of carbonyl (C=O) groups excluding carboxylic acids is 2. The van der Waals surface area contributed by atoms with E-state index in [1.165, 1.54) is 0 Å². The number of benzene rings is 1. The number of carboxylic acids is 1. The summed E-state index contributed by atoms with van der Waals surface area (Å²) in [5.74, 6) is -1.65. The first-order valence-electron chi connectivity index (χ1n) is 8.90. The summed E-state index contributed by atoms with van der Waals surface area (Å²) in [6.07, 6.45) is 0. The zero-order valence-electron chi connectivity index (χ0n) is 16.6. The van der Waals surface area contributed by atoms with Gasteiger partial charge in [-0.2, -0.15) is 4.98 Å². The number of nitrogens with one attached hydrogen (secondary N) is 2. The molecule has 2 aromatic heterocycles. The largest absolute Gasteiger partial charge is 0.482 e. The number of hydrogen-bond acceptors (Lipinski definition) is 10. The standard InChI is InChI=1S/C9H9ClN2O2.C9H9N5O4/c10-11-4-6-1-2-8-7(3-6)12-9(13)5-14-8;1-18-8(17)4-2-3(7(15)16)12-6-5(10)13-9(11)14(4)6/h1-3,11H,4-5H2,(H,12,13);2H,10H2,1H3,(H2,11,13)(H,15,16).